The molecular weight excluding hydrogens is 214 g/mol. The summed E-state index contributed by atoms with van der Waals surface area (Å²) < 4.78 is 0.933. The predicted octanol–water partition coefficient (Wildman–Crippen LogP) is 1.43. The Morgan fingerprint density at radius 2 is 1.73 bits per heavy atom. The maximum Gasteiger partial charge on any atom is 0.333 e. The smallest absolute Gasteiger partial charge is 0.333 e. The number of rotatable bonds is 2. The van der Waals surface area contributed by atoms with Gasteiger partial charge >= 0.3 is 12.1 Å². The molecule has 0 aromatic carbocycles. The number of imide groups is 1. The fourth-order valence-electron chi connectivity index (χ4n) is 2.66. The quantitative estimate of drug-likeness (QED) is 0.702. The largest absolute Gasteiger partial charge is 0.350 e. The average Bonchev–Trinajstić information content (AvgIpc) is 2.73. The second-order valence-electron chi connectivity index (χ2n) is 4.39. The Hall–Kier alpha value is -0.910. The van der Waals surface area contributed by atoms with E-state index in [2.05, 4.69) is 0 Å². The van der Waals surface area contributed by atoms with Gasteiger partial charge in [-0.15, -0.1) is 0 Å². The van der Waals surface area contributed by atoms with E-state index in [0.29, 0.717) is 0 Å². The molecule has 4 N–H and O–H groups in total. The number of amides is 4. The van der Waals surface area contributed by atoms with Crippen molar-refractivity contribution < 1.29 is 9.59 Å². The summed E-state index contributed by atoms with van der Waals surface area (Å²) in [5.74, 6) is 0.764. The number of nitrogens with two attached hydrogens (primary N) is 2. The van der Waals surface area contributed by atoms with Gasteiger partial charge < -0.3 is 11.5 Å². The molecule has 4 amide bonds. The lowest BCUT2D eigenvalue weighted by molar-refractivity contribution is 0.220. The topological polar surface area (TPSA) is 89.4 Å². The minimum absolute atomic E-state index is 0.0364. The molecule has 0 aromatic rings. The third kappa shape index (κ3) is 1.90. The second-order valence-corrected chi connectivity index (χ2v) is 5.81. The lowest BCUT2D eigenvalue weighted by Gasteiger charge is -2.29. The van der Waals surface area contributed by atoms with Gasteiger partial charge in [0, 0.05) is 4.75 Å². The highest BCUT2D eigenvalue weighted by Crippen LogP contribution is 2.55. The molecule has 2 aliphatic carbocycles. The summed E-state index contributed by atoms with van der Waals surface area (Å²) in [7, 11) is 0. The monoisotopic (exact) mass is 229 g/mol. The zero-order valence-electron chi connectivity index (χ0n) is 8.44. The maximum absolute atomic E-state index is 11.0. The zero-order valence-corrected chi connectivity index (χ0v) is 9.26. The van der Waals surface area contributed by atoms with Crippen molar-refractivity contribution in [3.05, 3.63) is 0 Å². The van der Waals surface area contributed by atoms with Crippen LogP contribution in [-0.2, 0) is 0 Å². The Balaban J connectivity index is 2.06. The van der Waals surface area contributed by atoms with E-state index in [9.17, 15) is 9.59 Å². The molecule has 0 unspecified atom stereocenters. The summed E-state index contributed by atoms with van der Waals surface area (Å²) in [4.78, 5) is 22.1. The number of fused-ring (bicyclic) bond motifs is 2. The highest BCUT2D eigenvalue weighted by Gasteiger charge is 2.47. The third-order valence-corrected chi connectivity index (χ3v) is 4.87. The highest BCUT2D eigenvalue weighted by molar-refractivity contribution is 7.99. The maximum atomic E-state index is 11.0. The Labute approximate surface area is 92.7 Å². The zero-order chi connectivity index (χ0) is 11.1. The van der Waals surface area contributed by atoms with Crippen molar-refractivity contribution in [1.82, 2.24) is 4.31 Å². The first-order valence-electron chi connectivity index (χ1n) is 5.10. The van der Waals surface area contributed by atoms with Gasteiger partial charge in [-0.3, -0.25) is 0 Å². The van der Waals surface area contributed by atoms with E-state index < -0.39 is 12.1 Å². The van der Waals surface area contributed by atoms with Crippen LogP contribution < -0.4 is 11.5 Å². The van der Waals surface area contributed by atoms with Crippen LogP contribution in [0.1, 0.15) is 32.1 Å². The molecule has 2 fully saturated rings. The van der Waals surface area contributed by atoms with Crippen LogP contribution in [0.15, 0.2) is 0 Å². The summed E-state index contributed by atoms with van der Waals surface area (Å²) >= 11 is 1.24. The minimum atomic E-state index is -0.766. The van der Waals surface area contributed by atoms with Gasteiger partial charge in [0.15, 0.2) is 0 Å². The molecule has 0 atom stereocenters. The first kappa shape index (κ1) is 10.6. The number of primary amides is 2. The minimum Gasteiger partial charge on any atom is -0.350 e. The van der Waals surface area contributed by atoms with Crippen molar-refractivity contribution in [2.45, 2.75) is 36.9 Å². The van der Waals surface area contributed by atoms with Crippen LogP contribution in [0.3, 0.4) is 0 Å². The molecule has 15 heavy (non-hydrogen) atoms. The lowest BCUT2D eigenvalue weighted by Crippen LogP contribution is -2.42. The van der Waals surface area contributed by atoms with E-state index in [-0.39, 0.29) is 4.75 Å². The van der Waals surface area contributed by atoms with Gasteiger partial charge in [-0.05, 0) is 50.0 Å². The number of carbonyl (C=O) groups excluding carboxylic acids is 2. The third-order valence-electron chi connectivity index (χ3n) is 3.36. The van der Waals surface area contributed by atoms with Gasteiger partial charge in [-0.1, -0.05) is 0 Å². The molecule has 2 rings (SSSR count). The first-order chi connectivity index (χ1) is 7.02. The molecule has 0 radical (unpaired) electrons. The van der Waals surface area contributed by atoms with E-state index in [1.165, 1.54) is 24.8 Å². The number of nitrogens with zero attached hydrogens (tertiary/aromatic N) is 1. The molecule has 0 saturated heterocycles. The summed E-state index contributed by atoms with van der Waals surface area (Å²) in [6.45, 7) is 0. The molecular formula is C9H15N3O2S. The van der Waals surface area contributed by atoms with Crippen LogP contribution in [-0.4, -0.2) is 21.1 Å². The number of hydrogen-bond acceptors (Lipinski definition) is 3. The Morgan fingerprint density at radius 3 is 2.07 bits per heavy atom. The lowest BCUT2D eigenvalue weighted by atomic mass is 10.0. The molecule has 5 nitrogen and oxygen atoms in total. The van der Waals surface area contributed by atoms with Gasteiger partial charge in [0.2, 0.25) is 0 Å². The molecule has 0 heterocycles. The average molecular weight is 229 g/mol. The fourth-order valence-corrected chi connectivity index (χ4v) is 3.95. The van der Waals surface area contributed by atoms with E-state index in [1.54, 1.807) is 0 Å². The second kappa shape index (κ2) is 3.59. The van der Waals surface area contributed by atoms with E-state index in [1.807, 2.05) is 0 Å². The fraction of sp³-hybridized carbons (Fsp3) is 0.778. The summed E-state index contributed by atoms with van der Waals surface area (Å²) in [6.07, 6.45) is 5.57. The highest BCUT2D eigenvalue weighted by atomic mass is 32.2. The van der Waals surface area contributed by atoms with Crippen LogP contribution >= 0.6 is 11.9 Å². The Bertz CT molecular complexity index is 286. The van der Waals surface area contributed by atoms with Crippen molar-refractivity contribution in [3.8, 4) is 0 Å². The molecule has 0 aromatic heterocycles. The van der Waals surface area contributed by atoms with Crippen molar-refractivity contribution in [3.63, 3.8) is 0 Å². The van der Waals surface area contributed by atoms with Crippen LogP contribution in [0.2, 0.25) is 0 Å². The van der Waals surface area contributed by atoms with Crippen molar-refractivity contribution in [2.24, 2.45) is 17.4 Å². The normalized spacial score (nSPS) is 32.9. The van der Waals surface area contributed by atoms with Crippen LogP contribution in [0.4, 0.5) is 9.59 Å². The van der Waals surface area contributed by atoms with Crippen LogP contribution in [0.5, 0.6) is 0 Å². The standard InChI is InChI=1S/C9H15N3O2S/c10-7(13)12(8(11)14)15-9-3-1-6(5-9)2-4-9/h6H,1-5H2,(H2,10,13)(H2,11,14). The summed E-state index contributed by atoms with van der Waals surface area (Å²) in [6, 6.07) is -1.53. The van der Waals surface area contributed by atoms with Crippen molar-refractivity contribution >= 4 is 24.0 Å². The predicted molar refractivity (Wildman–Crippen MR) is 57.9 cm³/mol. The van der Waals surface area contributed by atoms with E-state index in [0.717, 1.165) is 29.5 Å². The van der Waals surface area contributed by atoms with Crippen LogP contribution in [0, 0.1) is 5.92 Å². The first-order valence-corrected chi connectivity index (χ1v) is 5.88. The van der Waals surface area contributed by atoms with Crippen molar-refractivity contribution in [2.75, 3.05) is 0 Å². The molecule has 0 spiro atoms. The van der Waals surface area contributed by atoms with Gasteiger partial charge in [0.1, 0.15) is 0 Å². The summed E-state index contributed by atoms with van der Waals surface area (Å²) in [5, 5.41) is 0. The van der Waals surface area contributed by atoms with E-state index >= 15 is 0 Å². The summed E-state index contributed by atoms with van der Waals surface area (Å²) in [5.41, 5.74) is 10.2. The molecule has 2 saturated carbocycles. The van der Waals surface area contributed by atoms with Crippen molar-refractivity contribution in [1.29, 1.82) is 0 Å². The van der Waals surface area contributed by atoms with Gasteiger partial charge in [-0.25, -0.2) is 9.59 Å². The van der Waals surface area contributed by atoms with E-state index in [4.69, 9.17) is 11.5 Å². The number of urea groups is 2. The van der Waals surface area contributed by atoms with Gasteiger partial charge in [0.05, 0.1) is 0 Å². The van der Waals surface area contributed by atoms with Gasteiger partial charge in [-0.2, -0.15) is 4.31 Å². The Kier molecular flexibility index (Phi) is 2.54. The SMILES string of the molecule is NC(=O)N(SC12CCC(CC1)C2)C(N)=O. The number of hydrogen-bond donors (Lipinski definition) is 2. The molecule has 2 bridgehead atoms. The molecule has 2 aliphatic rings. The van der Waals surface area contributed by atoms with Crippen LogP contribution in [0.25, 0.3) is 0 Å². The molecule has 6 heteroatoms. The Morgan fingerprint density at radius 1 is 1.20 bits per heavy atom. The molecule has 0 aliphatic heterocycles. The van der Waals surface area contributed by atoms with Gasteiger partial charge in [0.25, 0.3) is 0 Å². The molecule has 84 valence electrons. The number of carbonyl (C=O) groups is 2.